The SMILES string of the molecule is CC=C/C(=C\NC)c1ccc2c(n1)CC=C2c1ccc2ncncc2c1. The van der Waals surface area contributed by atoms with Gasteiger partial charge < -0.3 is 5.32 Å². The van der Waals surface area contributed by atoms with Gasteiger partial charge in [0.25, 0.3) is 0 Å². The minimum absolute atomic E-state index is 0.852. The topological polar surface area (TPSA) is 50.7 Å². The van der Waals surface area contributed by atoms with E-state index in [-0.39, 0.29) is 0 Å². The molecule has 128 valence electrons. The van der Waals surface area contributed by atoms with Crippen LogP contribution in [0.15, 0.2) is 67.3 Å². The van der Waals surface area contributed by atoms with Gasteiger partial charge in [-0.3, -0.25) is 4.98 Å². The first-order valence-corrected chi connectivity index (χ1v) is 8.71. The van der Waals surface area contributed by atoms with E-state index in [0.717, 1.165) is 34.3 Å². The molecule has 0 unspecified atom stereocenters. The Labute approximate surface area is 153 Å². The zero-order chi connectivity index (χ0) is 17.9. The Balaban J connectivity index is 1.72. The zero-order valence-corrected chi connectivity index (χ0v) is 14.9. The van der Waals surface area contributed by atoms with E-state index in [9.17, 15) is 0 Å². The number of nitrogens with zero attached hydrogens (tertiary/aromatic N) is 3. The number of benzene rings is 1. The summed E-state index contributed by atoms with van der Waals surface area (Å²) in [6, 6.07) is 10.6. The molecule has 0 atom stereocenters. The van der Waals surface area contributed by atoms with Crippen molar-refractivity contribution in [3.05, 3.63) is 89.8 Å². The maximum Gasteiger partial charge on any atom is 0.116 e. The highest BCUT2D eigenvalue weighted by molar-refractivity contribution is 5.89. The van der Waals surface area contributed by atoms with Crippen molar-refractivity contribution in [1.82, 2.24) is 20.3 Å². The molecule has 3 aromatic rings. The Bertz CT molecular complexity index is 1060. The van der Waals surface area contributed by atoms with Crippen molar-refractivity contribution < 1.29 is 0 Å². The molecular formula is C22H20N4. The molecule has 0 bridgehead atoms. The van der Waals surface area contributed by atoms with Gasteiger partial charge in [0.2, 0.25) is 0 Å². The molecule has 26 heavy (non-hydrogen) atoms. The highest BCUT2D eigenvalue weighted by Gasteiger charge is 2.18. The molecule has 0 amide bonds. The lowest BCUT2D eigenvalue weighted by Gasteiger charge is -2.09. The number of pyridine rings is 1. The van der Waals surface area contributed by atoms with Crippen molar-refractivity contribution in [3.8, 4) is 0 Å². The van der Waals surface area contributed by atoms with Crippen LogP contribution < -0.4 is 5.32 Å². The summed E-state index contributed by atoms with van der Waals surface area (Å²) in [4.78, 5) is 13.3. The summed E-state index contributed by atoms with van der Waals surface area (Å²) in [5, 5.41) is 4.14. The van der Waals surface area contributed by atoms with Crippen LogP contribution in [0.1, 0.15) is 29.4 Å². The first-order valence-electron chi connectivity index (χ1n) is 8.71. The second-order valence-corrected chi connectivity index (χ2v) is 6.20. The second-order valence-electron chi connectivity index (χ2n) is 6.20. The number of rotatable bonds is 4. The van der Waals surface area contributed by atoms with Gasteiger partial charge in [0, 0.05) is 42.4 Å². The van der Waals surface area contributed by atoms with Crippen molar-refractivity contribution in [2.45, 2.75) is 13.3 Å². The normalized spacial score (nSPS) is 13.9. The van der Waals surface area contributed by atoms with E-state index >= 15 is 0 Å². The predicted molar refractivity (Wildman–Crippen MR) is 106 cm³/mol. The molecule has 1 aromatic carbocycles. The number of hydrogen-bond acceptors (Lipinski definition) is 4. The molecule has 2 aromatic heterocycles. The Morgan fingerprint density at radius 2 is 2.12 bits per heavy atom. The van der Waals surface area contributed by atoms with Gasteiger partial charge in [0.15, 0.2) is 0 Å². The van der Waals surface area contributed by atoms with E-state index in [1.165, 1.54) is 16.7 Å². The average Bonchev–Trinajstić information content (AvgIpc) is 3.10. The third-order valence-electron chi connectivity index (χ3n) is 4.52. The average molecular weight is 340 g/mol. The standard InChI is InChI=1S/C22H20N4/c1-3-4-16(12-23-2)21-9-7-19-18(6-10-22(19)26-21)15-5-8-20-17(11-15)13-24-14-25-20/h3-9,11-14,23H,10H2,1-2H3/b4-3?,16-12+. The lowest BCUT2D eigenvalue weighted by atomic mass is 9.99. The third kappa shape index (κ3) is 2.90. The van der Waals surface area contributed by atoms with Crippen LogP contribution in [0.3, 0.4) is 0 Å². The van der Waals surface area contributed by atoms with Crippen LogP contribution in [-0.2, 0) is 6.42 Å². The van der Waals surface area contributed by atoms with Gasteiger partial charge >= 0.3 is 0 Å². The fourth-order valence-corrected chi connectivity index (χ4v) is 3.34. The van der Waals surface area contributed by atoms with Crippen LogP contribution in [0.5, 0.6) is 0 Å². The Hall–Kier alpha value is -3.27. The van der Waals surface area contributed by atoms with Crippen LogP contribution in [0.4, 0.5) is 0 Å². The molecule has 1 aliphatic rings. The quantitative estimate of drug-likeness (QED) is 0.725. The van der Waals surface area contributed by atoms with Crippen molar-refractivity contribution in [1.29, 1.82) is 0 Å². The minimum Gasteiger partial charge on any atom is -0.393 e. The molecule has 0 saturated carbocycles. The number of allylic oxidation sites excluding steroid dienone is 4. The lowest BCUT2D eigenvalue weighted by Crippen LogP contribution is -1.99. The van der Waals surface area contributed by atoms with Gasteiger partial charge in [0.1, 0.15) is 6.33 Å². The van der Waals surface area contributed by atoms with E-state index in [1.807, 2.05) is 38.5 Å². The van der Waals surface area contributed by atoms with Gasteiger partial charge in [0.05, 0.1) is 16.9 Å². The minimum atomic E-state index is 0.852. The van der Waals surface area contributed by atoms with Gasteiger partial charge in [-0.15, -0.1) is 0 Å². The molecule has 1 aliphatic carbocycles. The summed E-state index contributed by atoms with van der Waals surface area (Å²) in [6.07, 6.45) is 12.6. The molecule has 1 N–H and O–H groups in total. The van der Waals surface area contributed by atoms with E-state index in [2.05, 4.69) is 51.7 Å². The molecule has 0 radical (unpaired) electrons. The molecule has 2 heterocycles. The first kappa shape index (κ1) is 16.2. The second kappa shape index (κ2) is 6.92. The van der Waals surface area contributed by atoms with Gasteiger partial charge in [-0.05, 0) is 36.3 Å². The fraction of sp³-hybridized carbons (Fsp3) is 0.136. The van der Waals surface area contributed by atoms with Gasteiger partial charge in [-0.1, -0.05) is 30.4 Å². The van der Waals surface area contributed by atoms with Crippen LogP contribution in [0.2, 0.25) is 0 Å². The predicted octanol–water partition coefficient (Wildman–Crippen LogP) is 4.15. The van der Waals surface area contributed by atoms with Crippen molar-refractivity contribution in [2.24, 2.45) is 0 Å². The summed E-state index contributed by atoms with van der Waals surface area (Å²) >= 11 is 0. The van der Waals surface area contributed by atoms with E-state index in [4.69, 9.17) is 4.98 Å². The molecule has 4 heteroatoms. The number of hydrogen-bond donors (Lipinski definition) is 1. The molecular weight excluding hydrogens is 320 g/mol. The Morgan fingerprint density at radius 3 is 2.96 bits per heavy atom. The maximum atomic E-state index is 4.89. The summed E-state index contributed by atoms with van der Waals surface area (Å²) in [7, 11) is 1.90. The number of nitrogens with one attached hydrogen (secondary N) is 1. The van der Waals surface area contributed by atoms with Crippen molar-refractivity contribution in [2.75, 3.05) is 7.05 Å². The summed E-state index contributed by atoms with van der Waals surface area (Å²) in [5.74, 6) is 0. The molecule has 4 rings (SSSR count). The third-order valence-corrected chi connectivity index (χ3v) is 4.52. The van der Waals surface area contributed by atoms with E-state index in [1.54, 1.807) is 6.33 Å². The smallest absolute Gasteiger partial charge is 0.116 e. The van der Waals surface area contributed by atoms with Crippen molar-refractivity contribution >= 4 is 22.0 Å². The monoisotopic (exact) mass is 340 g/mol. The van der Waals surface area contributed by atoms with Gasteiger partial charge in [-0.25, -0.2) is 9.97 Å². The summed E-state index contributed by atoms with van der Waals surface area (Å²) in [6.45, 7) is 2.01. The summed E-state index contributed by atoms with van der Waals surface area (Å²) < 4.78 is 0. The zero-order valence-electron chi connectivity index (χ0n) is 14.9. The van der Waals surface area contributed by atoms with Crippen LogP contribution in [-0.4, -0.2) is 22.0 Å². The first-order chi connectivity index (χ1) is 12.8. The van der Waals surface area contributed by atoms with Crippen molar-refractivity contribution in [3.63, 3.8) is 0 Å². The van der Waals surface area contributed by atoms with Crippen LogP contribution in [0, 0.1) is 0 Å². The lowest BCUT2D eigenvalue weighted by molar-refractivity contribution is 1.08. The number of fused-ring (bicyclic) bond motifs is 2. The van der Waals surface area contributed by atoms with Crippen LogP contribution in [0.25, 0.3) is 22.0 Å². The molecule has 0 spiro atoms. The fourth-order valence-electron chi connectivity index (χ4n) is 3.34. The summed E-state index contributed by atoms with van der Waals surface area (Å²) in [5.41, 5.74) is 7.76. The largest absolute Gasteiger partial charge is 0.393 e. The van der Waals surface area contributed by atoms with E-state index < -0.39 is 0 Å². The molecule has 0 fully saturated rings. The molecule has 0 aliphatic heterocycles. The van der Waals surface area contributed by atoms with Gasteiger partial charge in [-0.2, -0.15) is 0 Å². The van der Waals surface area contributed by atoms with Crippen LogP contribution >= 0.6 is 0 Å². The Kier molecular flexibility index (Phi) is 4.32. The molecule has 0 saturated heterocycles. The number of aromatic nitrogens is 3. The van der Waals surface area contributed by atoms with E-state index in [0.29, 0.717) is 0 Å². The molecule has 4 nitrogen and oxygen atoms in total. The highest BCUT2D eigenvalue weighted by Crippen LogP contribution is 2.33. The highest BCUT2D eigenvalue weighted by atomic mass is 14.8. The Morgan fingerprint density at radius 1 is 1.19 bits per heavy atom. The maximum absolute atomic E-state index is 4.89.